The zero-order chi connectivity index (χ0) is 13.2. The minimum atomic E-state index is 0.189. The van der Waals surface area contributed by atoms with Crippen molar-refractivity contribution in [3.05, 3.63) is 54.2 Å². The van der Waals surface area contributed by atoms with Crippen molar-refractivity contribution in [2.45, 2.75) is 6.92 Å². The highest BCUT2D eigenvalue weighted by Crippen LogP contribution is 2.29. The van der Waals surface area contributed by atoms with E-state index in [1.807, 2.05) is 37.3 Å². The molecule has 0 fully saturated rings. The normalized spacial score (nSPS) is 10.6. The number of aryl methyl sites for hydroxylation is 1. The Morgan fingerprint density at radius 1 is 0.895 bits per heavy atom. The Hall–Kier alpha value is -2.62. The molecule has 0 saturated carbocycles. The van der Waals surface area contributed by atoms with Crippen molar-refractivity contribution >= 4 is 22.3 Å². The smallest absolute Gasteiger partial charge is 0.161 e. The van der Waals surface area contributed by atoms with Crippen LogP contribution in [0.5, 0.6) is 5.75 Å². The van der Waals surface area contributed by atoms with Crippen molar-refractivity contribution in [2.24, 2.45) is 0 Å². The van der Waals surface area contributed by atoms with Crippen LogP contribution in [0.2, 0.25) is 0 Å². The summed E-state index contributed by atoms with van der Waals surface area (Å²) in [4.78, 5) is 0. The van der Waals surface area contributed by atoms with Gasteiger partial charge in [0.05, 0.1) is 11.4 Å². The fourth-order valence-electron chi connectivity index (χ4n) is 2.04. The van der Waals surface area contributed by atoms with E-state index in [9.17, 15) is 5.11 Å². The van der Waals surface area contributed by atoms with Crippen LogP contribution in [-0.2, 0) is 0 Å². The van der Waals surface area contributed by atoms with Gasteiger partial charge in [-0.15, -0.1) is 5.10 Å². The Morgan fingerprint density at radius 2 is 1.58 bits per heavy atom. The monoisotopic (exact) mass is 251 g/mol. The van der Waals surface area contributed by atoms with Crippen LogP contribution in [0.3, 0.4) is 0 Å². The molecule has 0 radical (unpaired) electrons. The van der Waals surface area contributed by atoms with E-state index in [2.05, 4.69) is 15.5 Å². The molecule has 1 heterocycles. The summed E-state index contributed by atoms with van der Waals surface area (Å²) in [6, 6.07) is 15.0. The first-order valence-electron chi connectivity index (χ1n) is 6.03. The van der Waals surface area contributed by atoms with Gasteiger partial charge in [0.1, 0.15) is 5.75 Å². The second-order valence-corrected chi connectivity index (χ2v) is 4.32. The molecule has 0 amide bonds. The van der Waals surface area contributed by atoms with Crippen LogP contribution < -0.4 is 5.32 Å². The number of benzene rings is 2. The van der Waals surface area contributed by atoms with Crippen LogP contribution in [0.25, 0.3) is 10.8 Å². The van der Waals surface area contributed by atoms with Crippen LogP contribution in [0.15, 0.2) is 48.5 Å². The third kappa shape index (κ3) is 2.08. The predicted octanol–water partition coefficient (Wildman–Crippen LogP) is 3.39. The third-order valence-electron chi connectivity index (χ3n) is 3.03. The van der Waals surface area contributed by atoms with Crippen molar-refractivity contribution in [3.63, 3.8) is 0 Å². The highest BCUT2D eigenvalue weighted by Gasteiger charge is 2.07. The Labute approximate surface area is 110 Å². The minimum absolute atomic E-state index is 0.189. The van der Waals surface area contributed by atoms with E-state index < -0.39 is 0 Å². The number of fused-ring (bicyclic) bond motifs is 1. The van der Waals surface area contributed by atoms with Gasteiger partial charge in [0, 0.05) is 10.8 Å². The van der Waals surface area contributed by atoms with Crippen molar-refractivity contribution in [3.8, 4) is 5.75 Å². The average molecular weight is 251 g/mol. The van der Waals surface area contributed by atoms with Gasteiger partial charge in [-0.3, -0.25) is 0 Å². The summed E-state index contributed by atoms with van der Waals surface area (Å²) in [6.07, 6.45) is 0. The fourth-order valence-corrected chi connectivity index (χ4v) is 2.04. The zero-order valence-electron chi connectivity index (χ0n) is 10.5. The zero-order valence-corrected chi connectivity index (χ0v) is 10.5. The Morgan fingerprint density at radius 3 is 2.37 bits per heavy atom. The molecule has 4 heteroatoms. The lowest BCUT2D eigenvalue weighted by atomic mass is 10.1. The first-order chi connectivity index (χ1) is 9.25. The SMILES string of the molecule is Cc1nnc(Nc2ccccc2O)c2ccccc12. The molecule has 3 rings (SSSR count). The first kappa shape index (κ1) is 11.5. The van der Waals surface area contributed by atoms with Crippen LogP contribution in [0.4, 0.5) is 11.5 Å². The molecule has 4 nitrogen and oxygen atoms in total. The molecule has 3 aromatic rings. The van der Waals surface area contributed by atoms with Crippen molar-refractivity contribution < 1.29 is 5.11 Å². The highest BCUT2D eigenvalue weighted by atomic mass is 16.3. The van der Waals surface area contributed by atoms with Crippen molar-refractivity contribution in [1.29, 1.82) is 0 Å². The van der Waals surface area contributed by atoms with E-state index in [-0.39, 0.29) is 5.75 Å². The lowest BCUT2D eigenvalue weighted by Crippen LogP contribution is -1.98. The predicted molar refractivity (Wildman–Crippen MR) is 75.7 cm³/mol. The van der Waals surface area contributed by atoms with E-state index in [0.29, 0.717) is 11.5 Å². The molecule has 0 spiro atoms. The number of phenols is 1. The number of anilines is 2. The Kier molecular flexibility index (Phi) is 2.76. The summed E-state index contributed by atoms with van der Waals surface area (Å²) in [5.74, 6) is 0.830. The maximum absolute atomic E-state index is 9.79. The van der Waals surface area contributed by atoms with Crippen LogP contribution in [-0.4, -0.2) is 15.3 Å². The number of hydrogen-bond acceptors (Lipinski definition) is 4. The fraction of sp³-hybridized carbons (Fsp3) is 0.0667. The summed E-state index contributed by atoms with van der Waals surface area (Å²) in [7, 11) is 0. The van der Waals surface area contributed by atoms with Crippen LogP contribution >= 0.6 is 0 Å². The molecule has 0 saturated heterocycles. The van der Waals surface area contributed by atoms with E-state index in [1.54, 1.807) is 18.2 Å². The molecule has 2 N–H and O–H groups in total. The highest BCUT2D eigenvalue weighted by molar-refractivity contribution is 5.94. The summed E-state index contributed by atoms with van der Waals surface area (Å²) in [5.41, 5.74) is 1.50. The topological polar surface area (TPSA) is 58.0 Å². The quantitative estimate of drug-likeness (QED) is 0.685. The lowest BCUT2D eigenvalue weighted by Gasteiger charge is -2.10. The maximum Gasteiger partial charge on any atom is 0.161 e. The molecule has 1 aromatic heterocycles. The molecular weight excluding hydrogens is 238 g/mol. The summed E-state index contributed by atoms with van der Waals surface area (Å²) >= 11 is 0. The second-order valence-electron chi connectivity index (χ2n) is 4.32. The molecule has 19 heavy (non-hydrogen) atoms. The van der Waals surface area contributed by atoms with Gasteiger partial charge in [-0.2, -0.15) is 5.10 Å². The molecular formula is C15H13N3O. The van der Waals surface area contributed by atoms with Gasteiger partial charge in [-0.25, -0.2) is 0 Å². The number of rotatable bonds is 2. The number of aromatic nitrogens is 2. The van der Waals surface area contributed by atoms with Gasteiger partial charge in [-0.05, 0) is 19.1 Å². The summed E-state index contributed by atoms with van der Waals surface area (Å²) in [6.45, 7) is 1.93. The molecule has 0 aliphatic rings. The van der Waals surface area contributed by atoms with Gasteiger partial charge in [0.2, 0.25) is 0 Å². The lowest BCUT2D eigenvalue weighted by molar-refractivity contribution is 0.477. The average Bonchev–Trinajstić information content (AvgIpc) is 2.44. The maximum atomic E-state index is 9.79. The number of para-hydroxylation sites is 2. The van der Waals surface area contributed by atoms with Crippen molar-refractivity contribution in [2.75, 3.05) is 5.32 Å². The van der Waals surface area contributed by atoms with Crippen LogP contribution in [0.1, 0.15) is 5.69 Å². The van der Waals surface area contributed by atoms with Crippen LogP contribution in [0, 0.1) is 6.92 Å². The van der Waals surface area contributed by atoms with Gasteiger partial charge in [0.15, 0.2) is 5.82 Å². The molecule has 94 valence electrons. The largest absolute Gasteiger partial charge is 0.506 e. The minimum Gasteiger partial charge on any atom is -0.506 e. The Bertz CT molecular complexity index is 740. The molecule has 0 bridgehead atoms. The van der Waals surface area contributed by atoms with E-state index in [1.165, 1.54) is 0 Å². The molecule has 0 unspecified atom stereocenters. The van der Waals surface area contributed by atoms with E-state index >= 15 is 0 Å². The van der Waals surface area contributed by atoms with E-state index in [0.717, 1.165) is 16.5 Å². The number of nitrogens with zero attached hydrogens (tertiary/aromatic N) is 2. The molecule has 2 aromatic carbocycles. The van der Waals surface area contributed by atoms with E-state index in [4.69, 9.17) is 0 Å². The van der Waals surface area contributed by atoms with Crippen molar-refractivity contribution in [1.82, 2.24) is 10.2 Å². The number of phenolic OH excluding ortho intramolecular Hbond substituents is 1. The molecule has 0 atom stereocenters. The number of nitrogens with one attached hydrogen (secondary N) is 1. The second kappa shape index (κ2) is 4.57. The first-order valence-corrected chi connectivity index (χ1v) is 6.03. The van der Waals surface area contributed by atoms with Gasteiger partial charge < -0.3 is 10.4 Å². The standard InChI is InChI=1S/C15H13N3O/c1-10-11-6-2-3-7-12(11)15(18-17-10)16-13-8-4-5-9-14(13)19/h2-9,19H,1H3,(H,16,18). The van der Waals surface area contributed by atoms with Gasteiger partial charge in [-0.1, -0.05) is 36.4 Å². The van der Waals surface area contributed by atoms with Gasteiger partial charge in [0.25, 0.3) is 0 Å². The molecule has 0 aliphatic heterocycles. The number of aromatic hydroxyl groups is 1. The summed E-state index contributed by atoms with van der Waals surface area (Å²) < 4.78 is 0. The molecule has 0 aliphatic carbocycles. The number of hydrogen-bond donors (Lipinski definition) is 2. The third-order valence-corrected chi connectivity index (χ3v) is 3.03. The Balaban J connectivity index is 2.12. The van der Waals surface area contributed by atoms with Gasteiger partial charge >= 0.3 is 0 Å². The summed E-state index contributed by atoms with van der Waals surface area (Å²) in [5, 5.41) is 23.3.